The summed E-state index contributed by atoms with van der Waals surface area (Å²) in [5.41, 5.74) is 0. The smallest absolute Gasteiger partial charge is 0.129 e. The Morgan fingerprint density at radius 2 is 1.83 bits per heavy atom. The van der Waals surface area contributed by atoms with E-state index in [1.54, 1.807) is 6.92 Å². The molecule has 0 aliphatic carbocycles. The number of hydrogen-bond donors (Lipinski definition) is 0. The zero-order chi connectivity index (χ0) is 4.28. The number of rotatable bonds is 1. The van der Waals surface area contributed by atoms with Gasteiger partial charge < -0.3 is 4.79 Å². The average Bonchev–Trinajstić information content (AvgIpc) is 1.38. The first-order chi connectivity index (χ1) is 2.27. The molecule has 1 nitrogen and oxygen atoms in total. The fourth-order valence-corrected chi connectivity index (χ4v) is 0. The van der Waals surface area contributed by atoms with Crippen LogP contribution < -0.4 is 0 Å². The predicted octanol–water partition coefficient (Wildman–Crippen LogP) is 0.983. The van der Waals surface area contributed by atoms with Crippen LogP contribution in [0.1, 0.15) is 20.3 Å². The minimum Gasteiger partial charge on any atom is -0.300 e. The minimum atomic E-state index is 0. The SMILES string of the molecule is CCC(C)=O.[Ag]. The van der Waals surface area contributed by atoms with Crippen molar-refractivity contribution in [2.24, 2.45) is 0 Å². The van der Waals surface area contributed by atoms with Gasteiger partial charge in [-0.3, -0.25) is 0 Å². The van der Waals surface area contributed by atoms with Gasteiger partial charge in [0.05, 0.1) is 0 Å². The summed E-state index contributed by atoms with van der Waals surface area (Å²) in [5.74, 6) is 0.255. The first-order valence-corrected chi connectivity index (χ1v) is 1.76. The van der Waals surface area contributed by atoms with Gasteiger partial charge in [0.2, 0.25) is 0 Å². The zero-order valence-electron chi connectivity index (χ0n) is 3.92. The Morgan fingerprint density at radius 1 is 1.67 bits per heavy atom. The van der Waals surface area contributed by atoms with Crippen molar-refractivity contribution >= 4 is 5.78 Å². The van der Waals surface area contributed by atoms with E-state index in [-0.39, 0.29) is 28.2 Å². The first-order valence-electron chi connectivity index (χ1n) is 1.76. The van der Waals surface area contributed by atoms with Crippen molar-refractivity contribution in [1.29, 1.82) is 0 Å². The van der Waals surface area contributed by atoms with Crippen LogP contribution in [-0.4, -0.2) is 5.78 Å². The van der Waals surface area contributed by atoms with Gasteiger partial charge in [-0.1, -0.05) is 6.92 Å². The molecule has 0 heterocycles. The van der Waals surface area contributed by atoms with Crippen LogP contribution in [0.3, 0.4) is 0 Å². The van der Waals surface area contributed by atoms with Crippen molar-refractivity contribution in [3.05, 3.63) is 0 Å². The summed E-state index contributed by atoms with van der Waals surface area (Å²) in [5, 5.41) is 0. The Balaban J connectivity index is 0. The Bertz CT molecular complexity index is 42.8. The van der Waals surface area contributed by atoms with Crippen molar-refractivity contribution in [2.45, 2.75) is 20.3 Å². The average molecular weight is 180 g/mol. The molecule has 0 N–H and O–H groups in total. The Hall–Kier alpha value is 0.410. The van der Waals surface area contributed by atoms with Crippen molar-refractivity contribution in [1.82, 2.24) is 0 Å². The molecule has 0 aromatic rings. The van der Waals surface area contributed by atoms with E-state index in [9.17, 15) is 4.79 Å². The number of carbonyl (C=O) groups is 1. The molecule has 2 heteroatoms. The monoisotopic (exact) mass is 179 g/mol. The zero-order valence-corrected chi connectivity index (χ0v) is 5.40. The Morgan fingerprint density at radius 3 is 1.83 bits per heavy atom. The first kappa shape index (κ1) is 9.65. The summed E-state index contributed by atoms with van der Waals surface area (Å²) in [6.07, 6.45) is 0.667. The maximum atomic E-state index is 9.81. The molecule has 0 aliphatic rings. The molecule has 0 bridgehead atoms. The predicted molar refractivity (Wildman–Crippen MR) is 21.0 cm³/mol. The van der Waals surface area contributed by atoms with Gasteiger partial charge in [-0.25, -0.2) is 0 Å². The van der Waals surface area contributed by atoms with Gasteiger partial charge in [0.25, 0.3) is 0 Å². The van der Waals surface area contributed by atoms with E-state index < -0.39 is 0 Å². The number of carbonyl (C=O) groups excluding carboxylic acids is 1. The number of ketones is 1. The van der Waals surface area contributed by atoms with Gasteiger partial charge in [-0.15, -0.1) is 0 Å². The van der Waals surface area contributed by atoms with Crippen LogP contribution in [0.15, 0.2) is 0 Å². The van der Waals surface area contributed by atoms with Crippen molar-refractivity contribution < 1.29 is 27.2 Å². The molecule has 0 atom stereocenters. The van der Waals surface area contributed by atoms with Gasteiger partial charge in [0.15, 0.2) is 0 Å². The molecule has 0 aromatic carbocycles. The van der Waals surface area contributed by atoms with Crippen LogP contribution in [0.2, 0.25) is 0 Å². The number of hydrogen-bond acceptors (Lipinski definition) is 1. The van der Waals surface area contributed by atoms with E-state index in [0.717, 1.165) is 0 Å². The van der Waals surface area contributed by atoms with E-state index in [4.69, 9.17) is 0 Å². The molecule has 0 spiro atoms. The Kier molecular flexibility index (Phi) is 8.70. The van der Waals surface area contributed by atoms with Crippen LogP contribution in [0.25, 0.3) is 0 Å². The molecule has 0 saturated heterocycles. The molecule has 0 fully saturated rings. The van der Waals surface area contributed by atoms with Gasteiger partial charge >= 0.3 is 0 Å². The van der Waals surface area contributed by atoms with E-state index in [1.807, 2.05) is 6.92 Å². The normalized spacial score (nSPS) is 6.33. The van der Waals surface area contributed by atoms with Crippen molar-refractivity contribution in [2.75, 3.05) is 0 Å². The maximum absolute atomic E-state index is 9.81. The van der Waals surface area contributed by atoms with Gasteiger partial charge in [0.1, 0.15) is 5.78 Å². The minimum absolute atomic E-state index is 0. The summed E-state index contributed by atoms with van der Waals surface area (Å²) in [6.45, 7) is 3.43. The number of Topliss-reactive ketones (excluding diaryl/α,β-unsaturated/α-hetero) is 1. The van der Waals surface area contributed by atoms with Crippen molar-refractivity contribution in [3.63, 3.8) is 0 Å². The molecular formula is C4H8AgO. The fraction of sp³-hybridized carbons (Fsp3) is 0.750. The Labute approximate surface area is 53.6 Å². The molecule has 0 amide bonds. The summed E-state index contributed by atoms with van der Waals surface area (Å²) in [4.78, 5) is 9.81. The second-order valence-electron chi connectivity index (χ2n) is 1.06. The summed E-state index contributed by atoms with van der Waals surface area (Å²) < 4.78 is 0. The second kappa shape index (κ2) is 5.41. The second-order valence-corrected chi connectivity index (χ2v) is 1.06. The molecule has 0 aromatic heterocycles. The third kappa shape index (κ3) is 8.83. The topological polar surface area (TPSA) is 17.1 Å². The molecule has 6 heavy (non-hydrogen) atoms. The van der Waals surface area contributed by atoms with Crippen LogP contribution in [0, 0.1) is 0 Å². The molecule has 0 rings (SSSR count). The molecule has 0 saturated carbocycles. The third-order valence-corrected chi connectivity index (χ3v) is 0.498. The van der Waals surface area contributed by atoms with E-state index >= 15 is 0 Å². The summed E-state index contributed by atoms with van der Waals surface area (Å²) in [7, 11) is 0. The standard InChI is InChI=1S/C4H8O.Ag/c1-3-4(2)5;/h3H2,1-2H3;. The molecule has 0 unspecified atom stereocenters. The van der Waals surface area contributed by atoms with E-state index in [2.05, 4.69) is 0 Å². The van der Waals surface area contributed by atoms with Crippen LogP contribution in [-0.2, 0) is 27.2 Å². The molecule has 1 radical (unpaired) electrons. The fourth-order valence-electron chi connectivity index (χ4n) is 0. The van der Waals surface area contributed by atoms with Gasteiger partial charge in [-0.2, -0.15) is 0 Å². The van der Waals surface area contributed by atoms with Gasteiger partial charge in [0, 0.05) is 28.8 Å². The quantitative estimate of drug-likeness (QED) is 0.549. The van der Waals surface area contributed by atoms with Crippen LogP contribution >= 0.6 is 0 Å². The van der Waals surface area contributed by atoms with Crippen molar-refractivity contribution in [3.8, 4) is 0 Å². The third-order valence-electron chi connectivity index (χ3n) is 0.498. The van der Waals surface area contributed by atoms with E-state index in [0.29, 0.717) is 6.42 Å². The molecule has 41 valence electrons. The van der Waals surface area contributed by atoms with Crippen LogP contribution in [0.5, 0.6) is 0 Å². The van der Waals surface area contributed by atoms with Crippen LogP contribution in [0.4, 0.5) is 0 Å². The molecule has 0 aliphatic heterocycles. The summed E-state index contributed by atoms with van der Waals surface area (Å²) in [6, 6.07) is 0. The van der Waals surface area contributed by atoms with Gasteiger partial charge in [-0.05, 0) is 6.92 Å². The largest absolute Gasteiger partial charge is 0.300 e. The molecular weight excluding hydrogens is 172 g/mol. The van der Waals surface area contributed by atoms with E-state index in [1.165, 1.54) is 0 Å². The summed E-state index contributed by atoms with van der Waals surface area (Å²) >= 11 is 0. The maximum Gasteiger partial charge on any atom is 0.129 e.